The third-order valence-electron chi connectivity index (χ3n) is 5.33. The topological polar surface area (TPSA) is 41.1 Å². The van der Waals surface area contributed by atoms with E-state index in [0.717, 1.165) is 19.5 Å². The second kappa shape index (κ2) is 6.25. The number of nitrogens with one attached hydrogen (secondary N) is 2. The zero-order chi connectivity index (χ0) is 13.9. The van der Waals surface area contributed by atoms with Crippen LogP contribution < -0.4 is 10.6 Å². The number of piperidine rings is 1. The lowest BCUT2D eigenvalue weighted by molar-refractivity contribution is -0.134. The summed E-state index contributed by atoms with van der Waals surface area (Å²) in [5.74, 6) is 1.37. The number of carbonyl (C=O) groups is 1. The zero-order valence-electron chi connectivity index (χ0n) is 12.8. The van der Waals surface area contributed by atoms with E-state index in [2.05, 4.69) is 31.4 Å². The molecular weight excluding hydrogens is 236 g/mol. The molecule has 0 aromatic carbocycles. The van der Waals surface area contributed by atoms with E-state index in [-0.39, 0.29) is 11.3 Å². The third-order valence-corrected chi connectivity index (χ3v) is 5.33. The van der Waals surface area contributed by atoms with Crippen molar-refractivity contribution in [2.45, 2.75) is 65.3 Å². The minimum absolute atomic E-state index is 0.245. The van der Waals surface area contributed by atoms with E-state index in [1.54, 1.807) is 0 Å². The van der Waals surface area contributed by atoms with Crippen LogP contribution in [0.2, 0.25) is 0 Å². The molecule has 1 amide bonds. The van der Waals surface area contributed by atoms with Gasteiger partial charge in [0.1, 0.15) is 0 Å². The maximum absolute atomic E-state index is 12.6. The smallest absolute Gasteiger partial charge is 0.226 e. The minimum Gasteiger partial charge on any atom is -0.353 e. The highest BCUT2D eigenvalue weighted by Gasteiger charge is 2.38. The van der Waals surface area contributed by atoms with Gasteiger partial charge in [-0.3, -0.25) is 4.79 Å². The first-order valence-electron chi connectivity index (χ1n) is 8.03. The van der Waals surface area contributed by atoms with E-state index < -0.39 is 0 Å². The third kappa shape index (κ3) is 3.50. The molecule has 19 heavy (non-hydrogen) atoms. The Balaban J connectivity index is 1.93. The normalized spacial score (nSPS) is 32.9. The van der Waals surface area contributed by atoms with Crippen LogP contribution in [-0.4, -0.2) is 25.0 Å². The molecule has 2 rings (SSSR count). The quantitative estimate of drug-likeness (QED) is 0.824. The van der Waals surface area contributed by atoms with Crippen molar-refractivity contribution in [1.29, 1.82) is 0 Å². The highest BCUT2D eigenvalue weighted by molar-refractivity contribution is 5.82. The molecule has 3 heteroatoms. The fraction of sp³-hybridized carbons (Fsp3) is 0.938. The molecular formula is C16H30N2O. The summed E-state index contributed by atoms with van der Waals surface area (Å²) in [6.45, 7) is 8.61. The molecule has 110 valence electrons. The van der Waals surface area contributed by atoms with Crippen molar-refractivity contribution >= 4 is 5.91 Å². The van der Waals surface area contributed by atoms with Crippen molar-refractivity contribution in [2.75, 3.05) is 13.1 Å². The van der Waals surface area contributed by atoms with Crippen molar-refractivity contribution in [3.8, 4) is 0 Å². The number of hydrogen-bond acceptors (Lipinski definition) is 2. The van der Waals surface area contributed by atoms with E-state index >= 15 is 0 Å². The van der Waals surface area contributed by atoms with Crippen LogP contribution in [0.15, 0.2) is 0 Å². The van der Waals surface area contributed by atoms with E-state index in [4.69, 9.17) is 0 Å². The van der Waals surface area contributed by atoms with Gasteiger partial charge >= 0.3 is 0 Å². The number of amides is 1. The molecule has 0 radical (unpaired) electrons. The Labute approximate surface area is 117 Å². The molecule has 0 aromatic heterocycles. The summed E-state index contributed by atoms with van der Waals surface area (Å²) < 4.78 is 0. The fourth-order valence-electron chi connectivity index (χ4n) is 3.54. The monoisotopic (exact) mass is 266 g/mol. The van der Waals surface area contributed by atoms with Gasteiger partial charge in [0.05, 0.1) is 0 Å². The molecule has 3 atom stereocenters. The van der Waals surface area contributed by atoms with Gasteiger partial charge in [-0.2, -0.15) is 0 Å². The van der Waals surface area contributed by atoms with E-state index in [0.29, 0.717) is 17.9 Å². The van der Waals surface area contributed by atoms with Crippen molar-refractivity contribution < 1.29 is 4.79 Å². The van der Waals surface area contributed by atoms with Crippen LogP contribution >= 0.6 is 0 Å². The average molecular weight is 266 g/mol. The lowest BCUT2D eigenvalue weighted by atomic mass is 9.73. The molecule has 1 saturated heterocycles. The highest BCUT2D eigenvalue weighted by Crippen LogP contribution is 2.33. The van der Waals surface area contributed by atoms with Crippen molar-refractivity contribution in [3.63, 3.8) is 0 Å². The van der Waals surface area contributed by atoms with E-state index in [1.165, 1.54) is 32.1 Å². The predicted molar refractivity (Wildman–Crippen MR) is 78.9 cm³/mol. The maximum atomic E-state index is 12.6. The van der Waals surface area contributed by atoms with Crippen molar-refractivity contribution in [3.05, 3.63) is 0 Å². The van der Waals surface area contributed by atoms with Gasteiger partial charge in [-0.25, -0.2) is 0 Å². The van der Waals surface area contributed by atoms with Gasteiger partial charge in [-0.1, -0.05) is 33.6 Å². The largest absolute Gasteiger partial charge is 0.353 e. The summed E-state index contributed by atoms with van der Waals surface area (Å²) in [5, 5.41) is 6.77. The molecule has 1 aliphatic heterocycles. The second-order valence-corrected chi connectivity index (χ2v) is 7.11. The van der Waals surface area contributed by atoms with Gasteiger partial charge in [0.2, 0.25) is 5.91 Å². The van der Waals surface area contributed by atoms with Crippen LogP contribution in [0, 0.1) is 17.3 Å². The predicted octanol–water partition coefficient (Wildman–Crippen LogP) is 2.71. The van der Waals surface area contributed by atoms with Crippen LogP contribution in [0.3, 0.4) is 0 Å². The maximum Gasteiger partial charge on any atom is 0.226 e. The molecule has 3 unspecified atom stereocenters. The SMILES string of the molecule is CC1CCCCC1NC(=O)C(C)(C)C1CCCNC1. The van der Waals surface area contributed by atoms with Crippen molar-refractivity contribution in [2.24, 2.45) is 17.3 Å². The zero-order valence-corrected chi connectivity index (χ0v) is 12.8. The Kier molecular flexibility index (Phi) is 4.88. The molecule has 2 aliphatic rings. The lowest BCUT2D eigenvalue weighted by Gasteiger charge is -2.38. The number of rotatable bonds is 3. The summed E-state index contributed by atoms with van der Waals surface area (Å²) in [6.07, 6.45) is 7.38. The van der Waals surface area contributed by atoms with Gasteiger partial charge in [-0.05, 0) is 50.6 Å². The second-order valence-electron chi connectivity index (χ2n) is 7.11. The summed E-state index contributed by atoms with van der Waals surface area (Å²) in [7, 11) is 0. The first-order chi connectivity index (χ1) is 9.01. The summed E-state index contributed by atoms with van der Waals surface area (Å²) in [4.78, 5) is 12.6. The summed E-state index contributed by atoms with van der Waals surface area (Å²) in [6, 6.07) is 0.400. The molecule has 3 nitrogen and oxygen atoms in total. The first kappa shape index (κ1) is 14.8. The molecule has 1 aliphatic carbocycles. The molecule has 0 aromatic rings. The molecule has 2 N–H and O–H groups in total. The van der Waals surface area contributed by atoms with Crippen LogP contribution in [0.25, 0.3) is 0 Å². The van der Waals surface area contributed by atoms with E-state index in [9.17, 15) is 4.79 Å². The molecule has 0 spiro atoms. The van der Waals surface area contributed by atoms with Crippen molar-refractivity contribution in [1.82, 2.24) is 10.6 Å². The summed E-state index contributed by atoms with van der Waals surface area (Å²) >= 11 is 0. The average Bonchev–Trinajstić information content (AvgIpc) is 2.42. The van der Waals surface area contributed by atoms with Gasteiger partial charge < -0.3 is 10.6 Å². The first-order valence-corrected chi connectivity index (χ1v) is 8.03. The summed E-state index contributed by atoms with van der Waals surface area (Å²) in [5.41, 5.74) is -0.245. The Morgan fingerprint density at radius 2 is 1.89 bits per heavy atom. The van der Waals surface area contributed by atoms with Gasteiger partial charge in [0.15, 0.2) is 0 Å². The number of carbonyl (C=O) groups excluding carboxylic acids is 1. The molecule has 1 saturated carbocycles. The minimum atomic E-state index is -0.245. The Bertz CT molecular complexity index is 308. The lowest BCUT2D eigenvalue weighted by Crippen LogP contribution is -2.51. The van der Waals surface area contributed by atoms with Crippen LogP contribution in [0.5, 0.6) is 0 Å². The van der Waals surface area contributed by atoms with Gasteiger partial charge in [0, 0.05) is 11.5 Å². The molecule has 0 bridgehead atoms. The van der Waals surface area contributed by atoms with Crippen LogP contribution in [0.1, 0.15) is 59.3 Å². The van der Waals surface area contributed by atoms with Crippen LogP contribution in [-0.2, 0) is 4.79 Å². The Morgan fingerprint density at radius 1 is 1.16 bits per heavy atom. The van der Waals surface area contributed by atoms with Crippen LogP contribution in [0.4, 0.5) is 0 Å². The molecule has 1 heterocycles. The molecule has 2 fully saturated rings. The van der Waals surface area contributed by atoms with Gasteiger partial charge in [0.25, 0.3) is 0 Å². The standard InChI is InChI=1S/C16H30N2O/c1-12-7-4-5-9-14(12)18-15(19)16(2,3)13-8-6-10-17-11-13/h12-14,17H,4-11H2,1-3H3,(H,18,19). The van der Waals surface area contributed by atoms with E-state index in [1.807, 2.05) is 0 Å². The Hall–Kier alpha value is -0.570. The fourth-order valence-corrected chi connectivity index (χ4v) is 3.54. The Morgan fingerprint density at radius 3 is 2.53 bits per heavy atom. The highest BCUT2D eigenvalue weighted by atomic mass is 16.2. The van der Waals surface area contributed by atoms with Gasteiger partial charge in [-0.15, -0.1) is 0 Å². The number of hydrogen-bond donors (Lipinski definition) is 2.